The van der Waals surface area contributed by atoms with E-state index in [1.54, 1.807) is 0 Å². The van der Waals surface area contributed by atoms with Gasteiger partial charge in [-0.1, -0.05) is 319 Å². The molecule has 0 bridgehead atoms. The van der Waals surface area contributed by atoms with E-state index in [0.717, 1.165) is 108 Å². The number of carbonyl (C=O) groups is 4. The number of esters is 4. The predicted molar refractivity (Wildman–Crippen MR) is 377 cm³/mol. The lowest BCUT2D eigenvalue weighted by Gasteiger charge is -2.21. The van der Waals surface area contributed by atoms with Crippen molar-refractivity contribution in [3.05, 3.63) is 0 Å². The topological polar surface area (TPSA) is 237 Å². The highest BCUT2D eigenvalue weighted by Gasteiger charge is 2.30. The molecule has 19 heteroatoms. The molecule has 0 spiro atoms. The van der Waals surface area contributed by atoms with Crippen LogP contribution in [0, 0.1) is 23.7 Å². The zero-order valence-electron chi connectivity index (χ0n) is 60.9. The van der Waals surface area contributed by atoms with Crippen molar-refractivity contribution in [1.82, 2.24) is 0 Å². The summed E-state index contributed by atoms with van der Waals surface area (Å²) < 4.78 is 68.3. The lowest BCUT2D eigenvalue weighted by molar-refractivity contribution is -0.161. The number of aliphatic hydroxyl groups is 1. The van der Waals surface area contributed by atoms with Gasteiger partial charge in [0.1, 0.15) is 19.3 Å². The standard InChI is InChI=1S/C74H144O17P2/c1-9-67(8)53-45-37-28-23-25-30-39-47-55-72(77)84-60-69(90-73(78)56-48-40-31-21-19-17-15-13-11-10-12-14-16-18-20-26-34-42-50-64(2)3)62-88-92(80,81)86-58-68(75)59-87-93(82,83)89-63-70(91-74(79)57-49-41-33-32-36-44-52-66(6)7)61-85-71(76)54-46-38-29-24-22-27-35-43-51-65(4)5/h64-70,75H,9-63H2,1-8H3,(H,80,81)(H,82,83)/t67?,68?,69-,70-/m1/s1. The normalized spacial score (nSPS) is 14.5. The van der Waals surface area contributed by atoms with Gasteiger partial charge in [0.05, 0.1) is 26.4 Å². The monoisotopic (exact) mass is 1370 g/mol. The first-order valence-electron chi connectivity index (χ1n) is 38.2. The molecule has 17 nitrogen and oxygen atoms in total. The van der Waals surface area contributed by atoms with Gasteiger partial charge in [0.15, 0.2) is 12.2 Å². The molecule has 0 aliphatic heterocycles. The van der Waals surface area contributed by atoms with Gasteiger partial charge in [-0.2, -0.15) is 0 Å². The van der Waals surface area contributed by atoms with Crippen molar-refractivity contribution in [2.75, 3.05) is 39.6 Å². The Balaban J connectivity index is 5.18. The first-order chi connectivity index (χ1) is 44.6. The fourth-order valence-corrected chi connectivity index (χ4v) is 12.7. The van der Waals surface area contributed by atoms with Crippen LogP contribution in [0.15, 0.2) is 0 Å². The molecule has 93 heavy (non-hydrogen) atoms. The Labute approximate surface area is 568 Å². The molecule has 0 rings (SSSR count). The number of hydrogen-bond donors (Lipinski definition) is 3. The third kappa shape index (κ3) is 67.0. The van der Waals surface area contributed by atoms with Gasteiger partial charge >= 0.3 is 39.5 Å². The second-order valence-electron chi connectivity index (χ2n) is 28.4. The minimum atomic E-state index is -4.96. The Morgan fingerprint density at radius 2 is 0.516 bits per heavy atom. The van der Waals surface area contributed by atoms with Crippen molar-refractivity contribution < 1.29 is 80.2 Å². The Morgan fingerprint density at radius 3 is 0.763 bits per heavy atom. The highest BCUT2D eigenvalue weighted by Crippen LogP contribution is 2.45. The maximum atomic E-state index is 13.1. The quantitative estimate of drug-likeness (QED) is 0.0222. The van der Waals surface area contributed by atoms with Gasteiger partial charge in [-0.15, -0.1) is 0 Å². The summed E-state index contributed by atoms with van der Waals surface area (Å²) in [4.78, 5) is 72.6. The molecule has 0 aliphatic rings. The minimum absolute atomic E-state index is 0.101. The molecule has 0 saturated heterocycles. The summed E-state index contributed by atoms with van der Waals surface area (Å²) in [6, 6.07) is 0. The second-order valence-corrected chi connectivity index (χ2v) is 31.3. The van der Waals surface area contributed by atoms with Crippen molar-refractivity contribution in [3.8, 4) is 0 Å². The molecule has 3 N–H and O–H groups in total. The van der Waals surface area contributed by atoms with Crippen LogP contribution in [0.2, 0.25) is 0 Å². The molecule has 6 atom stereocenters. The van der Waals surface area contributed by atoms with Gasteiger partial charge in [-0.3, -0.25) is 37.3 Å². The Hall–Kier alpha value is -1.94. The summed E-state index contributed by atoms with van der Waals surface area (Å²) in [5, 5.41) is 10.6. The van der Waals surface area contributed by atoms with Crippen LogP contribution in [-0.2, 0) is 65.4 Å². The van der Waals surface area contributed by atoms with Crippen LogP contribution in [0.25, 0.3) is 0 Å². The highest BCUT2D eigenvalue weighted by molar-refractivity contribution is 7.47. The van der Waals surface area contributed by atoms with Gasteiger partial charge in [0.25, 0.3) is 0 Å². The average molecular weight is 1370 g/mol. The van der Waals surface area contributed by atoms with E-state index in [9.17, 15) is 43.2 Å². The first kappa shape index (κ1) is 91.1. The van der Waals surface area contributed by atoms with Crippen LogP contribution in [0.5, 0.6) is 0 Å². The maximum Gasteiger partial charge on any atom is 0.472 e. The number of ether oxygens (including phenoxy) is 4. The predicted octanol–water partition coefficient (Wildman–Crippen LogP) is 21.3. The van der Waals surface area contributed by atoms with Crippen LogP contribution < -0.4 is 0 Å². The number of unbranched alkanes of at least 4 members (excludes halogenated alkanes) is 36. The first-order valence-corrected chi connectivity index (χ1v) is 41.2. The fraction of sp³-hybridized carbons (Fsp3) is 0.946. The molecule has 0 radical (unpaired) electrons. The molecule has 4 unspecified atom stereocenters. The molecular weight excluding hydrogens is 1220 g/mol. The van der Waals surface area contributed by atoms with Crippen molar-refractivity contribution in [2.24, 2.45) is 23.7 Å². The number of hydrogen-bond acceptors (Lipinski definition) is 15. The van der Waals surface area contributed by atoms with Crippen LogP contribution in [0.1, 0.15) is 370 Å². The number of phosphoric ester groups is 2. The van der Waals surface area contributed by atoms with Crippen molar-refractivity contribution in [1.29, 1.82) is 0 Å². The molecule has 0 saturated carbocycles. The van der Waals surface area contributed by atoms with Gasteiger partial charge in [0, 0.05) is 25.7 Å². The lowest BCUT2D eigenvalue weighted by Crippen LogP contribution is -2.30. The van der Waals surface area contributed by atoms with Crippen LogP contribution in [0.3, 0.4) is 0 Å². The number of aliphatic hydroxyl groups excluding tert-OH is 1. The summed E-state index contributed by atoms with van der Waals surface area (Å²) in [7, 11) is -9.91. The van der Waals surface area contributed by atoms with E-state index in [1.165, 1.54) is 173 Å². The van der Waals surface area contributed by atoms with E-state index >= 15 is 0 Å². The number of carbonyl (C=O) groups excluding carboxylic acids is 4. The maximum absolute atomic E-state index is 13.1. The summed E-state index contributed by atoms with van der Waals surface area (Å²) in [5.74, 6) is 0.864. The smallest absolute Gasteiger partial charge is 0.462 e. The van der Waals surface area contributed by atoms with Crippen LogP contribution >= 0.6 is 15.6 Å². The van der Waals surface area contributed by atoms with E-state index in [2.05, 4.69) is 55.4 Å². The van der Waals surface area contributed by atoms with E-state index in [4.69, 9.17) is 37.0 Å². The third-order valence-electron chi connectivity index (χ3n) is 17.4. The zero-order valence-corrected chi connectivity index (χ0v) is 62.7. The highest BCUT2D eigenvalue weighted by atomic mass is 31.2. The summed E-state index contributed by atoms with van der Waals surface area (Å²) in [6.45, 7) is 14.1. The van der Waals surface area contributed by atoms with E-state index < -0.39 is 97.5 Å². The number of rotatable bonds is 71. The van der Waals surface area contributed by atoms with Gasteiger partial charge in [-0.05, 0) is 49.4 Å². The van der Waals surface area contributed by atoms with E-state index in [0.29, 0.717) is 31.6 Å². The Morgan fingerprint density at radius 1 is 0.301 bits per heavy atom. The second kappa shape index (κ2) is 63.5. The molecule has 0 amide bonds. The number of phosphoric acid groups is 2. The third-order valence-corrected chi connectivity index (χ3v) is 19.3. The van der Waals surface area contributed by atoms with E-state index in [1.807, 2.05) is 0 Å². The molecule has 552 valence electrons. The zero-order chi connectivity index (χ0) is 68.9. The molecular formula is C74H144O17P2. The SMILES string of the molecule is CCC(C)CCCCCCCCCCC(=O)OC[C@H](COP(=O)(O)OCC(O)COP(=O)(O)OC[C@@H](COC(=O)CCCCCCCCCCC(C)C)OC(=O)CCCCCCCCC(C)C)OC(=O)CCCCCCCCCCCCCCCCCCCCC(C)C. The summed E-state index contributed by atoms with van der Waals surface area (Å²) in [5.41, 5.74) is 0. The lowest BCUT2D eigenvalue weighted by atomic mass is 9.99. The molecule has 0 fully saturated rings. The fourth-order valence-electron chi connectivity index (χ4n) is 11.2. The van der Waals surface area contributed by atoms with Crippen molar-refractivity contribution >= 4 is 39.5 Å². The molecule has 0 aliphatic carbocycles. The van der Waals surface area contributed by atoms with Crippen molar-refractivity contribution in [3.63, 3.8) is 0 Å². The van der Waals surface area contributed by atoms with Gasteiger partial charge in [-0.25, -0.2) is 9.13 Å². The molecule has 0 aromatic carbocycles. The van der Waals surface area contributed by atoms with Crippen LogP contribution in [-0.4, -0.2) is 96.7 Å². The van der Waals surface area contributed by atoms with Crippen LogP contribution in [0.4, 0.5) is 0 Å². The molecule has 0 aromatic heterocycles. The van der Waals surface area contributed by atoms with Gasteiger partial charge < -0.3 is 33.8 Å². The molecule has 0 heterocycles. The average Bonchev–Trinajstić information content (AvgIpc) is 2.51. The minimum Gasteiger partial charge on any atom is -0.462 e. The molecule has 0 aromatic rings. The Kier molecular flexibility index (Phi) is 62.2. The van der Waals surface area contributed by atoms with Crippen molar-refractivity contribution in [2.45, 2.75) is 388 Å². The Bertz CT molecular complexity index is 1840. The van der Waals surface area contributed by atoms with Gasteiger partial charge in [0.2, 0.25) is 0 Å². The summed E-state index contributed by atoms with van der Waals surface area (Å²) in [6.07, 6.45) is 47.5. The van der Waals surface area contributed by atoms with E-state index in [-0.39, 0.29) is 25.7 Å². The largest absolute Gasteiger partial charge is 0.472 e. The summed E-state index contributed by atoms with van der Waals surface area (Å²) >= 11 is 0.